The fraction of sp³-hybridized carbons (Fsp3) is 1.00. The fourth-order valence-corrected chi connectivity index (χ4v) is 0. The molecule has 0 aliphatic rings. The van der Waals surface area contributed by atoms with Gasteiger partial charge in [-0.05, 0) is 0 Å². The quantitative estimate of drug-likeness (QED) is 0.382. The maximum atomic E-state index is 8.25. The van der Waals surface area contributed by atoms with Crippen LogP contribution in [0.2, 0.25) is 0 Å². The van der Waals surface area contributed by atoms with Crippen molar-refractivity contribution in [3.8, 4) is 0 Å². The maximum absolute atomic E-state index is 8.25. The molecule has 0 spiro atoms. The van der Waals surface area contributed by atoms with E-state index in [1.807, 2.05) is 0 Å². The average molecular weight is 234 g/mol. The van der Waals surface area contributed by atoms with Crippen molar-refractivity contribution < 1.29 is 52.4 Å². The van der Waals surface area contributed by atoms with Gasteiger partial charge in [-0.15, -0.1) is 0 Å². The van der Waals surface area contributed by atoms with Crippen LogP contribution in [0.4, 0.5) is 0 Å². The Labute approximate surface area is 95.4 Å². The van der Waals surface area contributed by atoms with Crippen molar-refractivity contribution in [3.05, 3.63) is 0 Å². The van der Waals surface area contributed by atoms with E-state index < -0.39 is 0 Å². The molecule has 0 atom stereocenters. The first-order chi connectivity index (χ1) is 6.00. The largest absolute Gasteiger partial charge is 0.857 e. The van der Waals surface area contributed by atoms with Crippen LogP contribution in [0.5, 0.6) is 0 Å². The molecule has 0 N–H and O–H groups in total. The Kier molecular flexibility index (Phi) is 28100. The van der Waals surface area contributed by atoms with Crippen LogP contribution < -0.4 is 30.6 Å². The first kappa shape index (κ1) is 50.0. The van der Waals surface area contributed by atoms with Gasteiger partial charge < -0.3 is 30.6 Å². The monoisotopic (exact) mass is 234 g/mol. The Morgan fingerprint density at radius 1 is 0.308 bits per heavy atom. The summed E-state index contributed by atoms with van der Waals surface area (Å²) < 4.78 is 0. The number of rotatable bonds is 0. The normalized spacial score (nSPS) is 2.77. The van der Waals surface area contributed by atoms with Crippen molar-refractivity contribution in [2.45, 2.75) is 0 Å². The molecule has 0 aromatic carbocycles. The number of hydrogen-bond donors (Lipinski definition) is 0. The van der Waals surface area contributed by atoms with Crippen LogP contribution in [-0.2, 0) is 21.7 Å². The molecule has 88 valence electrons. The first-order valence-corrected chi connectivity index (χ1v) is 2.45. The standard InChI is InChI=1S/6CH3O.Ti/c6*1-2;/h6*1H3;/q6*-1;. The molecule has 0 aliphatic heterocycles. The third kappa shape index (κ3) is 6080. The number of hydrogen-bond acceptors (Lipinski definition) is 6. The predicted octanol–water partition coefficient (Wildman–Crippen LogP) is -6.14. The summed E-state index contributed by atoms with van der Waals surface area (Å²) in [5.41, 5.74) is 0. The van der Waals surface area contributed by atoms with Crippen molar-refractivity contribution >= 4 is 0 Å². The van der Waals surface area contributed by atoms with E-state index in [1.54, 1.807) is 0 Å². The third-order valence-electron chi connectivity index (χ3n) is 0. The molecule has 0 amide bonds. The van der Waals surface area contributed by atoms with Crippen molar-refractivity contribution in [2.24, 2.45) is 0 Å². The van der Waals surface area contributed by atoms with E-state index in [2.05, 4.69) is 0 Å². The molecule has 0 radical (unpaired) electrons. The van der Waals surface area contributed by atoms with Gasteiger partial charge in [0.05, 0.1) is 0 Å². The molecule has 6 nitrogen and oxygen atoms in total. The molecule has 0 saturated heterocycles. The maximum Gasteiger partial charge on any atom is 0 e. The van der Waals surface area contributed by atoms with Gasteiger partial charge in [-0.3, -0.25) is 0 Å². The summed E-state index contributed by atoms with van der Waals surface area (Å²) in [6.07, 6.45) is 0. The van der Waals surface area contributed by atoms with Gasteiger partial charge in [0.2, 0.25) is 0 Å². The Bertz CT molecular complexity index is 17.1. The minimum atomic E-state index is 0. The summed E-state index contributed by atoms with van der Waals surface area (Å²) in [5, 5.41) is 49.5. The van der Waals surface area contributed by atoms with Crippen molar-refractivity contribution in [2.75, 3.05) is 42.7 Å². The SMILES string of the molecule is C[O-].C[O-].C[O-].C[O-].C[O-].C[O-].[Ti]. The van der Waals surface area contributed by atoms with E-state index in [-0.39, 0.29) is 21.7 Å². The summed E-state index contributed by atoms with van der Waals surface area (Å²) in [4.78, 5) is 0. The molecule has 0 heterocycles. The Balaban J connectivity index is -0.00000000655. The summed E-state index contributed by atoms with van der Waals surface area (Å²) in [5.74, 6) is 0. The van der Waals surface area contributed by atoms with Crippen LogP contribution in [0.15, 0.2) is 0 Å². The predicted molar refractivity (Wildman–Crippen MR) is 35.5 cm³/mol. The molecule has 7 heteroatoms. The van der Waals surface area contributed by atoms with E-state index >= 15 is 0 Å². The van der Waals surface area contributed by atoms with Gasteiger partial charge in [-0.25, -0.2) is 0 Å². The minimum absolute atomic E-state index is 0. The molecule has 0 aromatic heterocycles. The third-order valence-corrected chi connectivity index (χ3v) is 0. The summed E-state index contributed by atoms with van der Waals surface area (Å²) in [6.45, 7) is 0. The molecule has 0 rings (SSSR count). The second-order valence-electron chi connectivity index (χ2n) is 0. The smallest absolute Gasteiger partial charge is 0 e. The molecule has 13 heavy (non-hydrogen) atoms. The molecule has 0 aromatic rings. The molecule has 0 aliphatic carbocycles. The van der Waals surface area contributed by atoms with E-state index in [9.17, 15) is 0 Å². The average Bonchev–Trinajstić information content (AvgIpc) is 2.33. The molecule has 0 fully saturated rings. The van der Waals surface area contributed by atoms with Crippen LogP contribution in [0.3, 0.4) is 0 Å². The molecule has 0 unspecified atom stereocenters. The van der Waals surface area contributed by atoms with Gasteiger partial charge in [0.25, 0.3) is 0 Å². The zero-order valence-corrected chi connectivity index (χ0v) is 10.5. The van der Waals surface area contributed by atoms with Crippen molar-refractivity contribution in [1.82, 2.24) is 0 Å². The van der Waals surface area contributed by atoms with Gasteiger partial charge in [-0.1, -0.05) is 0 Å². The van der Waals surface area contributed by atoms with E-state index in [0.717, 1.165) is 42.7 Å². The van der Waals surface area contributed by atoms with Crippen LogP contribution >= 0.6 is 0 Å². The Hall–Kier alpha value is 0.474. The first-order valence-electron chi connectivity index (χ1n) is 2.45. The van der Waals surface area contributed by atoms with Gasteiger partial charge >= 0.3 is 0 Å². The van der Waals surface area contributed by atoms with Crippen LogP contribution in [0, 0.1) is 0 Å². The minimum Gasteiger partial charge on any atom is -0.857 e. The van der Waals surface area contributed by atoms with Gasteiger partial charge in [0.15, 0.2) is 0 Å². The Morgan fingerprint density at radius 2 is 0.308 bits per heavy atom. The van der Waals surface area contributed by atoms with E-state index in [1.165, 1.54) is 0 Å². The van der Waals surface area contributed by atoms with Gasteiger partial charge in [0.1, 0.15) is 0 Å². The topological polar surface area (TPSA) is 138 Å². The van der Waals surface area contributed by atoms with Crippen molar-refractivity contribution in [1.29, 1.82) is 0 Å². The zero-order chi connectivity index (χ0) is 12.0. The van der Waals surface area contributed by atoms with Gasteiger partial charge in [0, 0.05) is 21.7 Å². The molecule has 0 bridgehead atoms. The van der Waals surface area contributed by atoms with Crippen LogP contribution in [0.1, 0.15) is 0 Å². The second kappa shape index (κ2) is 7300. The Morgan fingerprint density at radius 3 is 0.308 bits per heavy atom. The van der Waals surface area contributed by atoms with Crippen LogP contribution in [0.25, 0.3) is 0 Å². The fourth-order valence-electron chi connectivity index (χ4n) is 0. The second-order valence-corrected chi connectivity index (χ2v) is 0. The summed E-state index contributed by atoms with van der Waals surface area (Å²) in [7, 11) is 4.50. The van der Waals surface area contributed by atoms with Crippen molar-refractivity contribution in [3.63, 3.8) is 0 Å². The summed E-state index contributed by atoms with van der Waals surface area (Å²) in [6, 6.07) is 0. The zero-order valence-electron chi connectivity index (χ0n) is 8.95. The van der Waals surface area contributed by atoms with Gasteiger partial charge in [-0.2, -0.15) is 42.7 Å². The van der Waals surface area contributed by atoms with E-state index in [0.29, 0.717) is 0 Å². The molecular weight excluding hydrogens is 216 g/mol. The molecular formula is C6H18O6Ti-6. The van der Waals surface area contributed by atoms with Crippen LogP contribution in [-0.4, -0.2) is 42.7 Å². The summed E-state index contributed by atoms with van der Waals surface area (Å²) >= 11 is 0. The van der Waals surface area contributed by atoms with E-state index in [4.69, 9.17) is 30.6 Å². The molecule has 0 saturated carbocycles.